The van der Waals surface area contributed by atoms with Crippen LogP contribution in [0.1, 0.15) is 26.3 Å². The van der Waals surface area contributed by atoms with Gasteiger partial charge in [-0.15, -0.1) is 0 Å². The third-order valence-corrected chi connectivity index (χ3v) is 7.06. The highest BCUT2D eigenvalue weighted by Gasteiger charge is 2.58. The van der Waals surface area contributed by atoms with E-state index in [0.29, 0.717) is 18.4 Å². The summed E-state index contributed by atoms with van der Waals surface area (Å²) in [5, 5.41) is 0.978. The van der Waals surface area contributed by atoms with E-state index in [0.717, 1.165) is 36.1 Å². The van der Waals surface area contributed by atoms with Gasteiger partial charge in [-0.05, 0) is 35.6 Å². The zero-order chi connectivity index (χ0) is 23.3. The van der Waals surface area contributed by atoms with Crippen molar-refractivity contribution in [2.45, 2.75) is 12.6 Å². The number of likely N-dealkylation sites (tertiary alicyclic amines) is 1. The molecule has 172 valence electrons. The fraction of sp³-hybridized carbons (Fsp3) is 0.375. The molecule has 2 aromatic heterocycles. The van der Waals surface area contributed by atoms with E-state index in [2.05, 4.69) is 9.88 Å². The van der Waals surface area contributed by atoms with Crippen LogP contribution in [0.25, 0.3) is 10.9 Å². The van der Waals surface area contributed by atoms with E-state index < -0.39 is 11.5 Å². The molecule has 9 heteroatoms. The lowest BCUT2D eigenvalue weighted by Gasteiger charge is -2.24. The third kappa shape index (κ3) is 3.73. The fourth-order valence-corrected chi connectivity index (χ4v) is 5.36. The average Bonchev–Trinajstić information content (AvgIpc) is 3.13. The van der Waals surface area contributed by atoms with Crippen LogP contribution in [-0.2, 0) is 6.54 Å². The molecular formula is C24H28N6O3. The minimum absolute atomic E-state index is 0.0289. The van der Waals surface area contributed by atoms with Gasteiger partial charge >= 0.3 is 0 Å². The number of hydrogen-bond donors (Lipinski definition) is 3. The number of fused-ring (bicyclic) bond motifs is 2. The number of rotatable bonds is 7. The number of aromatic nitrogens is 2. The van der Waals surface area contributed by atoms with E-state index in [-0.39, 0.29) is 29.6 Å². The number of benzene rings is 1. The second-order valence-electron chi connectivity index (χ2n) is 9.08. The summed E-state index contributed by atoms with van der Waals surface area (Å²) < 4.78 is 1.40. The number of nitrogens with two attached hydrogens (primary N) is 2. The van der Waals surface area contributed by atoms with Crippen LogP contribution in [0.15, 0.2) is 47.5 Å². The van der Waals surface area contributed by atoms with Crippen molar-refractivity contribution in [2.75, 3.05) is 33.2 Å². The second kappa shape index (κ2) is 8.17. The van der Waals surface area contributed by atoms with Gasteiger partial charge in [0.05, 0.1) is 12.1 Å². The standard InChI is InChI=1S/C24H28N6O3/c1-28(21-18-12-29(8-6-25)13-19(18)21)23(32)17-9-15(22(26)31)11-30(24(17)33)10-14-3-2-4-20-16(14)5-7-27-20/h2-5,7,9,11,18-19,21,27H,6,8,10,12-13,25H2,1H3,(H2,26,31)/t18-,19+,21?. The summed E-state index contributed by atoms with van der Waals surface area (Å²) in [4.78, 5) is 45.8. The minimum atomic E-state index is -0.680. The Kier molecular flexibility index (Phi) is 5.30. The van der Waals surface area contributed by atoms with Gasteiger partial charge < -0.3 is 30.8 Å². The van der Waals surface area contributed by atoms with Crippen LogP contribution in [-0.4, -0.2) is 70.4 Å². The Morgan fingerprint density at radius 1 is 1.21 bits per heavy atom. The zero-order valence-electron chi connectivity index (χ0n) is 18.5. The molecule has 1 aromatic carbocycles. The number of piperidine rings is 1. The Morgan fingerprint density at radius 3 is 2.67 bits per heavy atom. The first-order valence-corrected chi connectivity index (χ1v) is 11.2. The van der Waals surface area contributed by atoms with Crippen molar-refractivity contribution in [1.29, 1.82) is 0 Å². The molecule has 0 bridgehead atoms. The molecule has 1 saturated heterocycles. The molecule has 9 nitrogen and oxygen atoms in total. The van der Waals surface area contributed by atoms with Crippen LogP contribution in [0.2, 0.25) is 0 Å². The molecule has 1 aliphatic carbocycles. The van der Waals surface area contributed by atoms with E-state index in [1.54, 1.807) is 11.9 Å². The summed E-state index contributed by atoms with van der Waals surface area (Å²) in [6.45, 7) is 3.53. The fourth-order valence-electron chi connectivity index (χ4n) is 5.36. The maximum atomic E-state index is 13.4. The molecule has 0 spiro atoms. The van der Waals surface area contributed by atoms with Crippen LogP contribution in [0.5, 0.6) is 0 Å². The number of carbonyl (C=O) groups excluding carboxylic acids is 2. The summed E-state index contributed by atoms with van der Waals surface area (Å²) in [5.74, 6) is -0.251. The van der Waals surface area contributed by atoms with Crippen LogP contribution in [0.4, 0.5) is 0 Å². The maximum absolute atomic E-state index is 13.4. The topological polar surface area (TPSA) is 130 Å². The number of H-pyrrole nitrogens is 1. The Bertz CT molecular complexity index is 1280. The first-order chi connectivity index (χ1) is 15.9. The lowest BCUT2D eigenvalue weighted by Crippen LogP contribution is -2.40. The molecule has 2 amide bonds. The van der Waals surface area contributed by atoms with E-state index >= 15 is 0 Å². The van der Waals surface area contributed by atoms with Crippen molar-refractivity contribution in [3.8, 4) is 0 Å². The molecule has 5 rings (SSSR count). The monoisotopic (exact) mass is 448 g/mol. The predicted octanol–water partition coefficient (Wildman–Crippen LogP) is 0.438. The SMILES string of the molecule is CN(C(=O)c1cc(C(N)=O)cn(Cc2cccc3[nH]ccc23)c1=O)C1[C@H]2CN(CCN)C[C@@H]12. The first kappa shape index (κ1) is 21.4. The number of aromatic amines is 1. The molecule has 33 heavy (non-hydrogen) atoms. The quantitative estimate of drug-likeness (QED) is 0.483. The van der Waals surface area contributed by atoms with Gasteiger partial charge in [-0.25, -0.2) is 0 Å². The van der Waals surface area contributed by atoms with Gasteiger partial charge in [-0.1, -0.05) is 12.1 Å². The van der Waals surface area contributed by atoms with Crippen LogP contribution < -0.4 is 17.0 Å². The van der Waals surface area contributed by atoms with Gasteiger partial charge in [0, 0.05) is 62.6 Å². The molecule has 3 atom stereocenters. The smallest absolute Gasteiger partial charge is 0.263 e. The number of nitrogens with one attached hydrogen (secondary N) is 1. The van der Waals surface area contributed by atoms with E-state index in [1.165, 1.54) is 16.8 Å². The molecule has 5 N–H and O–H groups in total. The maximum Gasteiger partial charge on any atom is 0.263 e. The largest absolute Gasteiger partial charge is 0.366 e. The molecule has 3 aromatic rings. The molecule has 1 aliphatic heterocycles. The minimum Gasteiger partial charge on any atom is -0.366 e. The van der Waals surface area contributed by atoms with Crippen molar-refractivity contribution in [1.82, 2.24) is 19.4 Å². The lowest BCUT2D eigenvalue weighted by atomic mass is 10.1. The summed E-state index contributed by atoms with van der Waals surface area (Å²) in [5.41, 5.74) is 12.7. The highest BCUT2D eigenvalue weighted by molar-refractivity contribution is 5.98. The summed E-state index contributed by atoms with van der Waals surface area (Å²) in [7, 11) is 1.74. The molecular weight excluding hydrogens is 420 g/mol. The van der Waals surface area contributed by atoms with E-state index in [4.69, 9.17) is 11.5 Å². The summed E-state index contributed by atoms with van der Waals surface area (Å²) in [6, 6.07) is 9.14. The lowest BCUT2D eigenvalue weighted by molar-refractivity contribution is 0.0755. The Labute approximate surface area is 190 Å². The number of amides is 2. The van der Waals surface area contributed by atoms with Gasteiger partial charge in [0.2, 0.25) is 5.91 Å². The van der Waals surface area contributed by atoms with E-state index in [9.17, 15) is 14.4 Å². The van der Waals surface area contributed by atoms with Crippen LogP contribution in [0, 0.1) is 11.8 Å². The number of pyridine rings is 1. The molecule has 2 fully saturated rings. The third-order valence-electron chi connectivity index (χ3n) is 7.06. The first-order valence-electron chi connectivity index (χ1n) is 11.2. The van der Waals surface area contributed by atoms with Gasteiger partial charge in [-0.2, -0.15) is 0 Å². The van der Waals surface area contributed by atoms with Crippen molar-refractivity contribution >= 4 is 22.7 Å². The predicted molar refractivity (Wildman–Crippen MR) is 125 cm³/mol. The molecule has 1 unspecified atom stereocenters. The summed E-state index contributed by atoms with van der Waals surface area (Å²) in [6.07, 6.45) is 3.27. The van der Waals surface area contributed by atoms with E-state index in [1.807, 2.05) is 30.5 Å². The van der Waals surface area contributed by atoms with Crippen molar-refractivity contribution < 1.29 is 9.59 Å². The van der Waals surface area contributed by atoms with Crippen molar-refractivity contribution in [3.05, 3.63) is 69.8 Å². The summed E-state index contributed by atoms with van der Waals surface area (Å²) >= 11 is 0. The highest BCUT2D eigenvalue weighted by Crippen LogP contribution is 2.48. The number of carbonyl (C=O) groups is 2. The average molecular weight is 449 g/mol. The molecule has 0 radical (unpaired) electrons. The number of nitrogens with zero attached hydrogens (tertiary/aromatic N) is 3. The van der Waals surface area contributed by atoms with Crippen molar-refractivity contribution in [3.63, 3.8) is 0 Å². The zero-order valence-corrected chi connectivity index (χ0v) is 18.5. The van der Waals surface area contributed by atoms with Crippen LogP contribution in [0.3, 0.4) is 0 Å². The Morgan fingerprint density at radius 2 is 1.97 bits per heavy atom. The normalized spacial score (nSPS) is 21.8. The molecule has 2 aliphatic rings. The highest BCUT2D eigenvalue weighted by atomic mass is 16.2. The number of hydrogen-bond acceptors (Lipinski definition) is 5. The Hall–Kier alpha value is -3.43. The van der Waals surface area contributed by atoms with Crippen molar-refractivity contribution in [2.24, 2.45) is 23.3 Å². The number of primary amides is 1. The Balaban J connectivity index is 1.44. The second-order valence-corrected chi connectivity index (χ2v) is 9.08. The molecule has 3 heterocycles. The van der Waals surface area contributed by atoms with Gasteiger partial charge in [0.1, 0.15) is 5.56 Å². The van der Waals surface area contributed by atoms with Gasteiger partial charge in [-0.3, -0.25) is 14.4 Å². The van der Waals surface area contributed by atoms with Gasteiger partial charge in [0.15, 0.2) is 0 Å². The van der Waals surface area contributed by atoms with Crippen LogP contribution >= 0.6 is 0 Å². The molecule has 1 saturated carbocycles. The van der Waals surface area contributed by atoms with Gasteiger partial charge in [0.25, 0.3) is 11.5 Å².